The van der Waals surface area contributed by atoms with E-state index < -0.39 is 0 Å². The normalized spacial score (nSPS) is 12.7. The van der Waals surface area contributed by atoms with Crippen LogP contribution in [-0.2, 0) is 0 Å². The lowest BCUT2D eigenvalue weighted by Crippen LogP contribution is -1.87. The van der Waals surface area contributed by atoms with Gasteiger partial charge in [0.25, 0.3) is 0 Å². The second-order valence-corrected chi connectivity index (χ2v) is 5.63. The molecule has 0 unspecified atom stereocenters. The topological polar surface area (TPSA) is 31.6 Å². The van der Waals surface area contributed by atoms with Crippen LogP contribution in [0, 0.1) is 6.92 Å². The van der Waals surface area contributed by atoms with Gasteiger partial charge < -0.3 is 9.97 Å². The number of aryl methyl sites for hydroxylation is 1. The van der Waals surface area contributed by atoms with E-state index in [0.29, 0.717) is 5.92 Å². The number of hydrogen-bond donors (Lipinski definition) is 2. The molecular weight excluding hydrogens is 220 g/mol. The Morgan fingerprint density at radius 3 is 1.67 bits per heavy atom. The van der Waals surface area contributed by atoms with Gasteiger partial charge >= 0.3 is 0 Å². The molecule has 0 saturated heterocycles. The lowest BCUT2D eigenvalue weighted by atomic mass is 10.0. The molecule has 0 aliphatic carbocycles. The van der Waals surface area contributed by atoms with Crippen LogP contribution in [0.25, 0.3) is 32.8 Å². The molecule has 0 aliphatic rings. The van der Waals surface area contributed by atoms with Gasteiger partial charge in [-0.3, -0.25) is 0 Å². The summed E-state index contributed by atoms with van der Waals surface area (Å²) in [5.41, 5.74) is 7.66. The van der Waals surface area contributed by atoms with Crippen molar-refractivity contribution in [2.45, 2.75) is 26.7 Å². The molecule has 90 valence electrons. The Bertz CT molecular complexity index is 800. The third-order valence-electron chi connectivity index (χ3n) is 3.90. The van der Waals surface area contributed by atoms with Crippen molar-refractivity contribution in [3.8, 4) is 0 Å². The highest BCUT2D eigenvalue weighted by molar-refractivity contribution is 6.23. The molecule has 0 atom stereocenters. The van der Waals surface area contributed by atoms with Crippen molar-refractivity contribution < 1.29 is 0 Å². The minimum atomic E-state index is 0.552. The number of rotatable bonds is 1. The Morgan fingerprint density at radius 1 is 0.778 bits per heavy atom. The van der Waals surface area contributed by atoms with Gasteiger partial charge in [-0.1, -0.05) is 13.8 Å². The number of nitrogens with one attached hydrogen (secondary N) is 2. The minimum absolute atomic E-state index is 0.552. The molecule has 0 saturated carbocycles. The Balaban J connectivity index is 2.26. The minimum Gasteiger partial charge on any atom is -0.354 e. The molecule has 4 rings (SSSR count). The van der Waals surface area contributed by atoms with E-state index in [0.717, 1.165) is 0 Å². The predicted octanol–water partition coefficient (Wildman–Crippen LogP) is 4.67. The van der Waals surface area contributed by atoms with Crippen LogP contribution >= 0.6 is 0 Å². The predicted molar refractivity (Wildman–Crippen MR) is 77.7 cm³/mol. The highest BCUT2D eigenvalue weighted by Gasteiger charge is 2.15. The summed E-state index contributed by atoms with van der Waals surface area (Å²) in [6.45, 7) is 6.61. The second kappa shape index (κ2) is 3.08. The third kappa shape index (κ3) is 1.13. The molecular formula is C16H16N2. The zero-order valence-electron chi connectivity index (χ0n) is 10.9. The summed E-state index contributed by atoms with van der Waals surface area (Å²) in [7, 11) is 0. The molecule has 2 heteroatoms. The molecule has 0 amide bonds. The summed E-state index contributed by atoms with van der Waals surface area (Å²) in [6, 6.07) is 9.03. The van der Waals surface area contributed by atoms with Crippen molar-refractivity contribution >= 4 is 32.8 Å². The lowest BCUT2D eigenvalue weighted by molar-refractivity contribution is 0.869. The Kier molecular flexibility index (Phi) is 1.71. The lowest BCUT2D eigenvalue weighted by Gasteiger charge is -2.05. The number of H-pyrrole nitrogens is 2. The van der Waals surface area contributed by atoms with Crippen LogP contribution in [-0.4, -0.2) is 9.97 Å². The summed E-state index contributed by atoms with van der Waals surface area (Å²) in [6.07, 6.45) is 0. The third-order valence-corrected chi connectivity index (χ3v) is 3.90. The molecule has 0 spiro atoms. The Labute approximate surface area is 105 Å². The van der Waals surface area contributed by atoms with Gasteiger partial charge in [0.05, 0.1) is 0 Å². The van der Waals surface area contributed by atoms with Gasteiger partial charge in [-0.2, -0.15) is 0 Å². The van der Waals surface area contributed by atoms with Crippen LogP contribution in [0.15, 0.2) is 24.3 Å². The van der Waals surface area contributed by atoms with Gasteiger partial charge in [-0.15, -0.1) is 0 Å². The van der Waals surface area contributed by atoms with Crippen LogP contribution in [0.2, 0.25) is 0 Å². The van der Waals surface area contributed by atoms with E-state index >= 15 is 0 Å². The van der Waals surface area contributed by atoms with Crippen LogP contribution in [0.5, 0.6) is 0 Å². The molecule has 2 heterocycles. The van der Waals surface area contributed by atoms with Crippen molar-refractivity contribution in [2.75, 3.05) is 0 Å². The van der Waals surface area contributed by atoms with E-state index in [-0.39, 0.29) is 0 Å². The van der Waals surface area contributed by atoms with Crippen molar-refractivity contribution in [3.63, 3.8) is 0 Å². The van der Waals surface area contributed by atoms with Gasteiger partial charge in [0.1, 0.15) is 0 Å². The maximum absolute atomic E-state index is 3.56. The van der Waals surface area contributed by atoms with E-state index in [4.69, 9.17) is 0 Å². The Hall–Kier alpha value is -1.96. The Morgan fingerprint density at radius 2 is 1.22 bits per heavy atom. The molecule has 0 bridgehead atoms. The summed E-state index contributed by atoms with van der Waals surface area (Å²) in [5, 5.41) is 2.70. The molecule has 2 N–H and O–H groups in total. The second-order valence-electron chi connectivity index (χ2n) is 5.63. The first kappa shape index (κ1) is 10.0. The van der Waals surface area contributed by atoms with E-state index in [9.17, 15) is 0 Å². The molecule has 0 fully saturated rings. The first-order chi connectivity index (χ1) is 8.63. The molecule has 2 aromatic heterocycles. The quantitative estimate of drug-likeness (QED) is 0.481. The van der Waals surface area contributed by atoms with Crippen molar-refractivity contribution in [2.24, 2.45) is 0 Å². The number of aromatic nitrogens is 2. The van der Waals surface area contributed by atoms with Gasteiger partial charge in [0.2, 0.25) is 0 Å². The van der Waals surface area contributed by atoms with Gasteiger partial charge in [0, 0.05) is 32.8 Å². The molecule has 2 nitrogen and oxygen atoms in total. The summed E-state index contributed by atoms with van der Waals surface area (Å²) in [5.74, 6) is 0.552. The number of hydrogen-bond acceptors (Lipinski definition) is 0. The van der Waals surface area contributed by atoms with Crippen LogP contribution in [0.4, 0.5) is 0 Å². The van der Waals surface area contributed by atoms with Gasteiger partial charge in [-0.05, 0) is 48.2 Å². The number of aromatic amines is 2. The smallest absolute Gasteiger partial charge is 0.0489 e. The zero-order chi connectivity index (χ0) is 12.4. The highest BCUT2D eigenvalue weighted by Crippen LogP contribution is 2.37. The largest absolute Gasteiger partial charge is 0.354 e. The highest BCUT2D eigenvalue weighted by atomic mass is 14.8. The number of benzene rings is 2. The first-order valence-electron chi connectivity index (χ1n) is 6.50. The summed E-state index contributed by atoms with van der Waals surface area (Å²) >= 11 is 0. The molecule has 0 aliphatic heterocycles. The van der Waals surface area contributed by atoms with E-state index in [1.807, 2.05) is 0 Å². The fraction of sp³-hybridized carbons (Fsp3) is 0.250. The van der Waals surface area contributed by atoms with Crippen LogP contribution < -0.4 is 0 Å². The SMILES string of the molecule is Cc1cc2[nH]c3cc(C(C)C)cc4[nH]c(c1)c2c34. The zero-order valence-corrected chi connectivity index (χ0v) is 10.9. The maximum atomic E-state index is 3.56. The molecule has 2 aromatic carbocycles. The average molecular weight is 236 g/mol. The van der Waals surface area contributed by atoms with Crippen LogP contribution in [0.3, 0.4) is 0 Å². The van der Waals surface area contributed by atoms with E-state index in [1.54, 1.807) is 0 Å². The maximum Gasteiger partial charge on any atom is 0.0489 e. The van der Waals surface area contributed by atoms with E-state index in [2.05, 4.69) is 55.0 Å². The molecule has 4 aromatic rings. The molecule has 18 heavy (non-hydrogen) atoms. The standard InChI is InChI=1S/C16H16N2/c1-8(2)10-6-13-16-14(7-10)18-12-5-9(3)4-11(17-13)15(12)16/h4-8,17-18H,1-3H3. The van der Waals surface area contributed by atoms with E-state index in [1.165, 1.54) is 44.0 Å². The summed E-state index contributed by atoms with van der Waals surface area (Å²) in [4.78, 5) is 7.11. The monoisotopic (exact) mass is 236 g/mol. The average Bonchev–Trinajstić information content (AvgIpc) is 2.83. The van der Waals surface area contributed by atoms with Crippen molar-refractivity contribution in [3.05, 3.63) is 35.4 Å². The van der Waals surface area contributed by atoms with Gasteiger partial charge in [-0.25, -0.2) is 0 Å². The summed E-state index contributed by atoms with van der Waals surface area (Å²) < 4.78 is 0. The fourth-order valence-electron chi connectivity index (χ4n) is 3.01. The van der Waals surface area contributed by atoms with Crippen molar-refractivity contribution in [1.29, 1.82) is 0 Å². The fourth-order valence-corrected chi connectivity index (χ4v) is 3.01. The van der Waals surface area contributed by atoms with Gasteiger partial charge in [0.15, 0.2) is 0 Å². The van der Waals surface area contributed by atoms with Crippen LogP contribution in [0.1, 0.15) is 30.9 Å². The molecule has 0 radical (unpaired) electrons. The van der Waals surface area contributed by atoms with Crippen molar-refractivity contribution in [1.82, 2.24) is 9.97 Å². The first-order valence-corrected chi connectivity index (χ1v) is 6.50.